The Morgan fingerprint density at radius 2 is 1.95 bits per heavy atom. The molecule has 2 rings (SSSR count). The Hall–Kier alpha value is -0.920. The summed E-state index contributed by atoms with van der Waals surface area (Å²) in [4.78, 5) is 0. The summed E-state index contributed by atoms with van der Waals surface area (Å²) in [6.45, 7) is 2.94. The van der Waals surface area contributed by atoms with Crippen LogP contribution in [0.3, 0.4) is 0 Å². The van der Waals surface area contributed by atoms with Crippen molar-refractivity contribution >= 4 is 31.9 Å². The van der Waals surface area contributed by atoms with Crippen LogP contribution in [0.25, 0.3) is 0 Å². The van der Waals surface area contributed by atoms with Gasteiger partial charge in [0, 0.05) is 6.54 Å². The highest BCUT2D eigenvalue weighted by Gasteiger charge is 2.12. The van der Waals surface area contributed by atoms with E-state index in [0.29, 0.717) is 12.3 Å². The van der Waals surface area contributed by atoms with E-state index in [-0.39, 0.29) is 0 Å². The van der Waals surface area contributed by atoms with Gasteiger partial charge >= 0.3 is 0 Å². The van der Waals surface area contributed by atoms with Crippen molar-refractivity contribution in [1.82, 2.24) is 15.6 Å². The monoisotopic (exact) mass is 389 g/mol. The molecule has 0 unspecified atom stereocenters. The largest absolute Gasteiger partial charge is 0.485 e. The molecule has 1 heterocycles. The molecule has 0 bridgehead atoms. The molecule has 0 atom stereocenters. The zero-order valence-electron chi connectivity index (χ0n) is 10.5. The summed E-state index contributed by atoms with van der Waals surface area (Å²) in [7, 11) is 1.91. The molecule has 1 aromatic heterocycles. The third-order valence-corrected chi connectivity index (χ3v) is 3.72. The van der Waals surface area contributed by atoms with Crippen LogP contribution >= 0.6 is 31.9 Å². The van der Waals surface area contributed by atoms with Gasteiger partial charge in [0.2, 0.25) is 0 Å². The molecular formula is C12H13Br2N3O2. The van der Waals surface area contributed by atoms with Crippen molar-refractivity contribution in [1.29, 1.82) is 0 Å². The fraction of sp³-hybridized carbons (Fsp3) is 0.333. The van der Waals surface area contributed by atoms with Crippen molar-refractivity contribution < 1.29 is 9.37 Å². The van der Waals surface area contributed by atoms with Gasteiger partial charge in [0.05, 0.1) is 8.95 Å². The fourth-order valence-corrected chi connectivity index (χ4v) is 3.09. The molecule has 0 aliphatic rings. The molecule has 102 valence electrons. The average Bonchev–Trinajstić information content (AvgIpc) is 2.74. The molecule has 0 saturated heterocycles. The van der Waals surface area contributed by atoms with Crippen LogP contribution in [0.1, 0.15) is 17.0 Å². The minimum absolute atomic E-state index is 0.317. The quantitative estimate of drug-likeness (QED) is 0.849. The van der Waals surface area contributed by atoms with Crippen LogP contribution in [-0.2, 0) is 13.2 Å². The number of hydrogen-bond donors (Lipinski definition) is 1. The van der Waals surface area contributed by atoms with Gasteiger partial charge in [-0.3, -0.25) is 0 Å². The molecule has 7 heteroatoms. The number of nitrogens with one attached hydrogen (secondary N) is 1. The number of aromatic nitrogens is 2. The molecule has 0 fully saturated rings. The van der Waals surface area contributed by atoms with E-state index < -0.39 is 0 Å². The number of nitrogens with zero attached hydrogens (tertiary/aromatic N) is 2. The summed E-state index contributed by atoms with van der Waals surface area (Å²) in [5.41, 5.74) is 2.59. The van der Waals surface area contributed by atoms with Crippen molar-refractivity contribution in [3.63, 3.8) is 0 Å². The average molecular weight is 391 g/mol. The zero-order chi connectivity index (χ0) is 13.8. The Bertz CT molecular complexity index is 549. The number of halogens is 2. The van der Waals surface area contributed by atoms with E-state index in [4.69, 9.17) is 4.74 Å². The predicted molar refractivity (Wildman–Crippen MR) is 78.0 cm³/mol. The Kier molecular flexibility index (Phi) is 4.95. The topological polar surface area (TPSA) is 60.2 Å². The highest BCUT2D eigenvalue weighted by Crippen LogP contribution is 2.35. The lowest BCUT2D eigenvalue weighted by Gasteiger charge is -2.11. The number of benzene rings is 1. The molecule has 1 aromatic carbocycles. The van der Waals surface area contributed by atoms with Gasteiger partial charge in [0.1, 0.15) is 23.7 Å². The molecule has 0 saturated carbocycles. The van der Waals surface area contributed by atoms with Gasteiger partial charge in [0.15, 0.2) is 0 Å². The van der Waals surface area contributed by atoms with E-state index in [1.807, 2.05) is 26.1 Å². The normalized spacial score (nSPS) is 10.7. The van der Waals surface area contributed by atoms with Crippen LogP contribution in [0.4, 0.5) is 0 Å². The maximum absolute atomic E-state index is 5.75. The summed E-state index contributed by atoms with van der Waals surface area (Å²) in [6.07, 6.45) is 0. The van der Waals surface area contributed by atoms with Gasteiger partial charge in [-0.2, -0.15) is 0 Å². The molecule has 0 radical (unpaired) electrons. The third-order valence-electron chi connectivity index (χ3n) is 2.54. The first kappa shape index (κ1) is 14.5. The first-order valence-corrected chi connectivity index (χ1v) is 7.23. The second-order valence-corrected chi connectivity index (χ2v) is 5.71. The first-order chi connectivity index (χ1) is 9.11. The van der Waals surface area contributed by atoms with Gasteiger partial charge in [-0.15, -0.1) is 0 Å². The lowest BCUT2D eigenvalue weighted by molar-refractivity contribution is 0.268. The van der Waals surface area contributed by atoms with E-state index in [0.717, 1.165) is 32.5 Å². The molecule has 19 heavy (non-hydrogen) atoms. The molecule has 2 aromatic rings. The molecule has 0 spiro atoms. The standard InChI is InChI=1S/C12H13Br2N3O2/c1-7-11(17-19-16-7)6-18-12-9(13)3-8(5-15-2)4-10(12)14/h3-4,15H,5-6H2,1-2H3. The summed E-state index contributed by atoms with van der Waals surface area (Å²) in [5, 5.41) is 10.6. The van der Waals surface area contributed by atoms with Crippen LogP contribution in [0, 0.1) is 6.92 Å². The van der Waals surface area contributed by atoms with Crippen LogP contribution < -0.4 is 10.1 Å². The van der Waals surface area contributed by atoms with Gasteiger partial charge in [-0.05, 0) is 63.5 Å². The Morgan fingerprint density at radius 3 is 2.47 bits per heavy atom. The van der Waals surface area contributed by atoms with Crippen molar-refractivity contribution in [2.45, 2.75) is 20.1 Å². The van der Waals surface area contributed by atoms with Crippen LogP contribution in [0.15, 0.2) is 25.7 Å². The molecule has 0 aliphatic carbocycles. The maximum atomic E-state index is 5.75. The maximum Gasteiger partial charge on any atom is 0.148 e. The fourth-order valence-electron chi connectivity index (χ4n) is 1.58. The van der Waals surface area contributed by atoms with Crippen molar-refractivity contribution in [2.24, 2.45) is 0 Å². The zero-order valence-corrected chi connectivity index (χ0v) is 13.7. The second kappa shape index (κ2) is 6.49. The molecule has 1 N–H and O–H groups in total. The van der Waals surface area contributed by atoms with Crippen molar-refractivity contribution in [2.75, 3.05) is 7.05 Å². The minimum Gasteiger partial charge on any atom is -0.485 e. The molecule has 0 aliphatic heterocycles. The van der Waals surface area contributed by atoms with E-state index >= 15 is 0 Å². The summed E-state index contributed by atoms with van der Waals surface area (Å²) in [5.74, 6) is 0.738. The van der Waals surface area contributed by atoms with Crippen molar-refractivity contribution in [3.05, 3.63) is 38.0 Å². The summed E-state index contributed by atoms with van der Waals surface area (Å²) in [6, 6.07) is 4.04. The van der Waals surface area contributed by atoms with Crippen LogP contribution in [-0.4, -0.2) is 17.4 Å². The predicted octanol–water partition coefficient (Wildman–Crippen LogP) is 3.20. The third kappa shape index (κ3) is 3.55. The Labute approximate surface area is 127 Å². The SMILES string of the molecule is CNCc1cc(Br)c(OCc2nonc2C)c(Br)c1. The molecule has 5 nitrogen and oxygen atoms in total. The van der Waals surface area contributed by atoms with E-state index in [9.17, 15) is 0 Å². The summed E-state index contributed by atoms with van der Waals surface area (Å²) >= 11 is 7.02. The highest BCUT2D eigenvalue weighted by atomic mass is 79.9. The second-order valence-electron chi connectivity index (χ2n) is 4.00. The summed E-state index contributed by atoms with van der Waals surface area (Å²) < 4.78 is 12.2. The number of rotatable bonds is 5. The number of hydrogen-bond acceptors (Lipinski definition) is 5. The smallest absolute Gasteiger partial charge is 0.148 e. The van der Waals surface area contributed by atoms with Crippen LogP contribution in [0.5, 0.6) is 5.75 Å². The van der Waals surface area contributed by atoms with Gasteiger partial charge in [-0.1, -0.05) is 10.3 Å². The number of ether oxygens (including phenoxy) is 1. The van der Waals surface area contributed by atoms with Gasteiger partial charge in [-0.25, -0.2) is 4.63 Å². The lowest BCUT2D eigenvalue weighted by Crippen LogP contribution is -2.05. The van der Waals surface area contributed by atoms with Crippen molar-refractivity contribution in [3.8, 4) is 5.75 Å². The highest BCUT2D eigenvalue weighted by molar-refractivity contribution is 9.11. The molecular weight excluding hydrogens is 378 g/mol. The van der Waals surface area contributed by atoms with E-state index in [1.54, 1.807) is 0 Å². The Morgan fingerprint density at radius 1 is 1.26 bits per heavy atom. The minimum atomic E-state index is 0.317. The first-order valence-electron chi connectivity index (χ1n) is 5.65. The van der Waals surface area contributed by atoms with E-state index in [2.05, 4.69) is 52.1 Å². The van der Waals surface area contributed by atoms with Crippen LogP contribution in [0.2, 0.25) is 0 Å². The number of aryl methyl sites for hydroxylation is 1. The van der Waals surface area contributed by atoms with Gasteiger partial charge in [0.25, 0.3) is 0 Å². The lowest BCUT2D eigenvalue weighted by atomic mass is 10.2. The Balaban J connectivity index is 2.14. The molecule has 0 amide bonds. The van der Waals surface area contributed by atoms with E-state index in [1.165, 1.54) is 0 Å². The van der Waals surface area contributed by atoms with Gasteiger partial charge < -0.3 is 10.1 Å².